The zero-order valence-corrected chi connectivity index (χ0v) is 13.3. The SMILES string of the molecule is CCC1=C[C@@H]2[C@@H](C1)C[C@]2(C[N+](=O)[O-])C(C(=O)O)C(C)(C)C. The third kappa shape index (κ3) is 2.58. The summed E-state index contributed by atoms with van der Waals surface area (Å²) < 4.78 is 0. The fourth-order valence-electron chi connectivity index (χ4n) is 4.77. The van der Waals surface area contributed by atoms with Crippen molar-refractivity contribution in [3.63, 3.8) is 0 Å². The van der Waals surface area contributed by atoms with E-state index in [1.165, 1.54) is 5.57 Å². The minimum Gasteiger partial charge on any atom is -0.481 e. The van der Waals surface area contributed by atoms with Crippen LogP contribution in [0, 0.1) is 38.7 Å². The van der Waals surface area contributed by atoms with Crippen molar-refractivity contribution in [3.05, 3.63) is 21.8 Å². The van der Waals surface area contributed by atoms with E-state index in [4.69, 9.17) is 0 Å². The third-order valence-electron chi connectivity index (χ3n) is 5.32. The van der Waals surface area contributed by atoms with Gasteiger partial charge in [0, 0.05) is 4.92 Å². The van der Waals surface area contributed by atoms with Crippen LogP contribution in [0.1, 0.15) is 47.0 Å². The average molecular weight is 295 g/mol. The highest BCUT2D eigenvalue weighted by Gasteiger charge is 2.65. The number of allylic oxidation sites excluding steroid dienone is 2. The van der Waals surface area contributed by atoms with Crippen molar-refractivity contribution < 1.29 is 14.8 Å². The summed E-state index contributed by atoms with van der Waals surface area (Å²) in [5, 5.41) is 20.9. The van der Waals surface area contributed by atoms with Gasteiger partial charge in [0.1, 0.15) is 0 Å². The molecule has 5 heteroatoms. The molecule has 2 aliphatic carbocycles. The van der Waals surface area contributed by atoms with Gasteiger partial charge in [0.15, 0.2) is 0 Å². The number of hydrogen-bond acceptors (Lipinski definition) is 3. The summed E-state index contributed by atoms with van der Waals surface area (Å²) in [4.78, 5) is 22.7. The van der Waals surface area contributed by atoms with Gasteiger partial charge >= 0.3 is 5.97 Å². The highest BCUT2D eigenvalue weighted by molar-refractivity contribution is 5.72. The Morgan fingerprint density at radius 3 is 2.62 bits per heavy atom. The molecule has 0 saturated heterocycles. The van der Waals surface area contributed by atoms with Crippen LogP contribution in [0.2, 0.25) is 0 Å². The summed E-state index contributed by atoms with van der Waals surface area (Å²) in [6.45, 7) is 7.47. The maximum atomic E-state index is 11.9. The second-order valence-electron chi connectivity index (χ2n) is 7.73. The molecule has 4 atom stereocenters. The number of aliphatic carboxylic acids is 1. The standard InChI is InChI=1S/C16H25NO4/c1-5-10-6-11-8-16(9-17(20)21,12(11)7-10)13(14(18)19)15(2,3)4/h7,11-13H,5-6,8-9H2,1-4H3,(H,18,19)/t11-,12+,13?,16+/m0/s1. The average Bonchev–Trinajstić information content (AvgIpc) is 2.63. The second kappa shape index (κ2) is 5.11. The first-order valence-electron chi connectivity index (χ1n) is 7.66. The van der Waals surface area contributed by atoms with Gasteiger partial charge in [-0.05, 0) is 36.5 Å². The van der Waals surface area contributed by atoms with E-state index in [0.717, 1.165) is 12.8 Å². The molecule has 2 aliphatic rings. The molecule has 118 valence electrons. The highest BCUT2D eigenvalue weighted by atomic mass is 16.6. The molecule has 2 rings (SSSR count). The van der Waals surface area contributed by atoms with Crippen molar-refractivity contribution in [3.8, 4) is 0 Å². The Morgan fingerprint density at radius 2 is 2.19 bits per heavy atom. The molecule has 0 aliphatic heterocycles. The third-order valence-corrected chi connectivity index (χ3v) is 5.32. The van der Waals surface area contributed by atoms with Crippen LogP contribution >= 0.6 is 0 Å². The lowest BCUT2D eigenvalue weighted by Crippen LogP contribution is -2.59. The lowest BCUT2D eigenvalue weighted by Gasteiger charge is -2.55. The molecule has 1 unspecified atom stereocenters. The van der Waals surface area contributed by atoms with Crippen LogP contribution in [0.15, 0.2) is 11.6 Å². The molecule has 1 saturated carbocycles. The molecule has 0 spiro atoms. The molecule has 1 fully saturated rings. The number of rotatable bonds is 5. The first-order valence-corrected chi connectivity index (χ1v) is 7.66. The van der Waals surface area contributed by atoms with Crippen LogP contribution in [0.4, 0.5) is 0 Å². The number of nitro groups is 1. The molecule has 0 heterocycles. The van der Waals surface area contributed by atoms with Crippen molar-refractivity contribution >= 4 is 5.97 Å². The minimum atomic E-state index is -0.902. The number of fused-ring (bicyclic) bond motifs is 1. The summed E-state index contributed by atoms with van der Waals surface area (Å²) >= 11 is 0. The summed E-state index contributed by atoms with van der Waals surface area (Å²) in [6.07, 6.45) is 4.73. The molecule has 0 bridgehead atoms. The number of carbonyl (C=O) groups is 1. The first kappa shape index (κ1) is 16.0. The van der Waals surface area contributed by atoms with E-state index in [1.54, 1.807) is 0 Å². The van der Waals surface area contributed by atoms with Crippen molar-refractivity contribution in [1.29, 1.82) is 0 Å². The van der Waals surface area contributed by atoms with E-state index in [0.29, 0.717) is 12.3 Å². The molecule has 21 heavy (non-hydrogen) atoms. The van der Waals surface area contributed by atoms with E-state index < -0.39 is 22.7 Å². The summed E-state index contributed by atoms with van der Waals surface area (Å²) in [7, 11) is 0. The number of hydrogen-bond donors (Lipinski definition) is 1. The van der Waals surface area contributed by atoms with E-state index >= 15 is 0 Å². The van der Waals surface area contributed by atoms with Crippen LogP contribution in [0.3, 0.4) is 0 Å². The predicted molar refractivity (Wildman–Crippen MR) is 79.5 cm³/mol. The van der Waals surface area contributed by atoms with Gasteiger partial charge in [0.25, 0.3) is 0 Å². The van der Waals surface area contributed by atoms with Crippen molar-refractivity contribution in [2.45, 2.75) is 47.0 Å². The van der Waals surface area contributed by atoms with Crippen LogP contribution in [-0.4, -0.2) is 22.5 Å². The van der Waals surface area contributed by atoms with Gasteiger partial charge in [-0.25, -0.2) is 0 Å². The van der Waals surface area contributed by atoms with E-state index in [-0.39, 0.29) is 17.4 Å². The van der Waals surface area contributed by atoms with Crippen LogP contribution < -0.4 is 0 Å². The maximum absolute atomic E-state index is 11.9. The van der Waals surface area contributed by atoms with E-state index in [2.05, 4.69) is 13.0 Å². The number of carboxylic acids is 1. The summed E-state index contributed by atoms with van der Waals surface area (Å²) in [5.41, 5.74) is 0.110. The molecule has 0 aromatic heterocycles. The fourth-order valence-corrected chi connectivity index (χ4v) is 4.77. The molecule has 0 aromatic carbocycles. The van der Waals surface area contributed by atoms with Crippen LogP contribution in [0.5, 0.6) is 0 Å². The predicted octanol–water partition coefficient (Wildman–Crippen LogP) is 3.37. The van der Waals surface area contributed by atoms with Crippen molar-refractivity contribution in [1.82, 2.24) is 0 Å². The van der Waals surface area contributed by atoms with Gasteiger partial charge in [-0.15, -0.1) is 0 Å². The van der Waals surface area contributed by atoms with Gasteiger partial charge in [-0.1, -0.05) is 39.3 Å². The summed E-state index contributed by atoms with van der Waals surface area (Å²) in [5.74, 6) is -1.13. The Bertz CT molecular complexity index is 491. The smallest absolute Gasteiger partial charge is 0.307 e. The van der Waals surface area contributed by atoms with Gasteiger partial charge < -0.3 is 5.11 Å². The first-order chi connectivity index (χ1) is 9.61. The number of carboxylic acid groups (broad SMARTS) is 1. The molecular weight excluding hydrogens is 270 g/mol. The number of nitrogens with zero attached hydrogens (tertiary/aromatic N) is 1. The van der Waals surface area contributed by atoms with Gasteiger partial charge in [0.05, 0.1) is 11.3 Å². The van der Waals surface area contributed by atoms with Crippen LogP contribution in [0.25, 0.3) is 0 Å². The molecular formula is C16H25NO4. The zero-order chi connectivity index (χ0) is 16.0. The fraction of sp³-hybridized carbons (Fsp3) is 0.812. The quantitative estimate of drug-likeness (QED) is 0.479. The monoisotopic (exact) mass is 295 g/mol. The molecule has 5 nitrogen and oxygen atoms in total. The lowest BCUT2D eigenvalue weighted by molar-refractivity contribution is -0.510. The Hall–Kier alpha value is -1.39. The Kier molecular flexibility index (Phi) is 3.89. The van der Waals surface area contributed by atoms with Gasteiger partial charge in [-0.3, -0.25) is 14.9 Å². The van der Waals surface area contributed by atoms with E-state index in [9.17, 15) is 20.0 Å². The highest BCUT2D eigenvalue weighted by Crippen LogP contribution is 2.64. The molecule has 0 radical (unpaired) electrons. The molecule has 0 aromatic rings. The normalized spacial score (nSPS) is 32.9. The van der Waals surface area contributed by atoms with E-state index in [1.807, 2.05) is 20.8 Å². The molecule has 0 amide bonds. The van der Waals surface area contributed by atoms with Crippen LogP contribution in [-0.2, 0) is 4.79 Å². The molecule has 1 N–H and O–H groups in total. The Balaban J connectivity index is 2.42. The van der Waals surface area contributed by atoms with Gasteiger partial charge in [-0.2, -0.15) is 0 Å². The zero-order valence-electron chi connectivity index (χ0n) is 13.3. The Morgan fingerprint density at radius 1 is 1.57 bits per heavy atom. The van der Waals surface area contributed by atoms with Crippen molar-refractivity contribution in [2.24, 2.45) is 28.6 Å². The largest absolute Gasteiger partial charge is 0.481 e. The topological polar surface area (TPSA) is 80.4 Å². The van der Waals surface area contributed by atoms with Crippen molar-refractivity contribution in [2.75, 3.05) is 6.54 Å². The second-order valence-corrected chi connectivity index (χ2v) is 7.73. The van der Waals surface area contributed by atoms with Gasteiger partial charge in [0.2, 0.25) is 6.54 Å². The Labute approximate surface area is 125 Å². The minimum absolute atomic E-state index is 0.0539. The maximum Gasteiger partial charge on any atom is 0.307 e. The summed E-state index contributed by atoms with van der Waals surface area (Å²) in [6, 6.07) is 0. The lowest BCUT2D eigenvalue weighted by atomic mass is 9.46.